The predicted molar refractivity (Wildman–Crippen MR) is 212 cm³/mol. The Hall–Kier alpha value is -5.26. The Kier molecular flexibility index (Phi) is 11.3. The monoisotopic (exact) mass is 730 g/mol. The molecular weight excluding hydrogens is 685 g/mol. The molecule has 10 nitrogen and oxygen atoms in total. The lowest BCUT2D eigenvalue weighted by Crippen LogP contribution is -2.47. The van der Waals surface area contributed by atoms with Crippen LogP contribution in [0.25, 0.3) is 21.2 Å². The van der Waals surface area contributed by atoms with E-state index in [4.69, 9.17) is 9.11 Å². The van der Waals surface area contributed by atoms with Gasteiger partial charge < -0.3 is 25.6 Å². The summed E-state index contributed by atoms with van der Waals surface area (Å²) < 4.78 is 11.7. The van der Waals surface area contributed by atoms with Crippen molar-refractivity contribution in [2.45, 2.75) is 38.6 Å². The van der Waals surface area contributed by atoms with Crippen LogP contribution in [0.5, 0.6) is 0 Å². The highest BCUT2D eigenvalue weighted by Crippen LogP contribution is 2.44. The Bertz CT molecular complexity index is 2030. The van der Waals surface area contributed by atoms with Crippen LogP contribution in [0.2, 0.25) is 0 Å². The molecule has 2 heterocycles. The van der Waals surface area contributed by atoms with Gasteiger partial charge in [0, 0.05) is 44.0 Å². The van der Waals surface area contributed by atoms with Gasteiger partial charge >= 0.3 is 6.09 Å². The van der Waals surface area contributed by atoms with Crippen LogP contribution in [0.1, 0.15) is 54.1 Å². The van der Waals surface area contributed by atoms with Crippen LogP contribution >= 0.6 is 11.5 Å². The zero-order valence-electron chi connectivity index (χ0n) is 30.2. The summed E-state index contributed by atoms with van der Waals surface area (Å²) in [6.45, 7) is 9.24. The smallest absolute Gasteiger partial charge is 0.407 e. The predicted octanol–water partition coefficient (Wildman–Crippen LogP) is 7.13. The number of unbranched alkanes of at least 4 members (excludes halogenated alkanes) is 1. The van der Waals surface area contributed by atoms with Crippen LogP contribution in [-0.4, -0.2) is 79.1 Å². The number of benzene rings is 4. The number of ether oxygens (including phenoxy) is 1. The maximum atomic E-state index is 13.5. The number of fused-ring (bicyclic) bond motifs is 4. The number of nitrogens with one attached hydrogen (secondary N) is 3. The molecule has 274 valence electrons. The zero-order chi connectivity index (χ0) is 36.7. The van der Waals surface area contributed by atoms with E-state index in [0.717, 1.165) is 73.6 Å². The van der Waals surface area contributed by atoms with E-state index in [1.54, 1.807) is 35.8 Å². The number of rotatable bonds is 13. The Morgan fingerprint density at radius 2 is 1.49 bits per heavy atom. The Labute approximate surface area is 314 Å². The van der Waals surface area contributed by atoms with Crippen molar-refractivity contribution in [2.24, 2.45) is 5.92 Å². The number of piperazine rings is 1. The number of alkyl carbamates (subject to hydrolysis) is 1. The molecule has 1 saturated heterocycles. The number of carbonyl (C=O) groups excluding carboxylic acids is 3. The summed E-state index contributed by atoms with van der Waals surface area (Å²) in [5, 5.41) is 9.90. The van der Waals surface area contributed by atoms with Crippen molar-refractivity contribution >= 4 is 51.0 Å². The highest BCUT2D eigenvalue weighted by molar-refractivity contribution is 7.13. The van der Waals surface area contributed by atoms with Crippen molar-refractivity contribution in [1.82, 2.24) is 19.9 Å². The van der Waals surface area contributed by atoms with Crippen molar-refractivity contribution in [3.8, 4) is 11.1 Å². The molecule has 4 aromatic carbocycles. The lowest BCUT2D eigenvalue weighted by molar-refractivity contribution is -0.119. The van der Waals surface area contributed by atoms with Crippen molar-refractivity contribution in [1.29, 1.82) is 0 Å². The minimum absolute atomic E-state index is 0.0868. The van der Waals surface area contributed by atoms with Gasteiger partial charge in [-0.15, -0.1) is 0 Å². The molecule has 1 aliphatic heterocycles. The van der Waals surface area contributed by atoms with Gasteiger partial charge in [-0.1, -0.05) is 86.6 Å². The summed E-state index contributed by atoms with van der Waals surface area (Å²) >= 11 is 1.56. The first-order valence-electron chi connectivity index (χ1n) is 18.5. The number of aromatic nitrogens is 1. The number of para-hydroxylation sites is 1. The molecule has 1 aliphatic carbocycles. The molecular formula is C42H46N6O4S. The summed E-state index contributed by atoms with van der Waals surface area (Å²) in [7, 11) is 0. The number of nitrogens with zero attached hydrogens (tertiary/aromatic N) is 3. The average Bonchev–Trinajstić information content (AvgIpc) is 3.75. The second kappa shape index (κ2) is 16.6. The molecule has 0 spiro atoms. The highest BCUT2D eigenvalue weighted by Gasteiger charge is 2.31. The molecule has 5 aromatic rings. The van der Waals surface area contributed by atoms with Crippen LogP contribution < -0.4 is 20.9 Å². The molecule has 11 heteroatoms. The number of amides is 3. The van der Waals surface area contributed by atoms with E-state index in [1.807, 2.05) is 38.1 Å². The third kappa shape index (κ3) is 8.21. The van der Waals surface area contributed by atoms with Crippen molar-refractivity contribution in [3.63, 3.8) is 0 Å². The first kappa shape index (κ1) is 36.1. The SMILES string of the molecule is CC(C)[C@@H](NC(=O)OCC1c2ccccc2-c2ccccc21)C(=O)Nc1ccccc1C(=O)NCCCCN1CCN(c2nsc3ccccc23)CC1. The van der Waals surface area contributed by atoms with Crippen LogP contribution in [0, 0.1) is 5.92 Å². The van der Waals surface area contributed by atoms with E-state index >= 15 is 0 Å². The van der Waals surface area contributed by atoms with Gasteiger partial charge in [0.1, 0.15) is 18.5 Å². The van der Waals surface area contributed by atoms with Gasteiger partial charge in [0.2, 0.25) is 5.91 Å². The van der Waals surface area contributed by atoms with Gasteiger partial charge in [-0.2, -0.15) is 4.37 Å². The molecule has 0 unspecified atom stereocenters. The molecule has 1 fully saturated rings. The Morgan fingerprint density at radius 1 is 0.830 bits per heavy atom. The van der Waals surface area contributed by atoms with Crippen molar-refractivity contribution in [3.05, 3.63) is 114 Å². The minimum Gasteiger partial charge on any atom is -0.449 e. The van der Waals surface area contributed by atoms with E-state index in [-0.39, 0.29) is 24.3 Å². The van der Waals surface area contributed by atoms with Crippen LogP contribution in [0.4, 0.5) is 16.3 Å². The lowest BCUT2D eigenvalue weighted by atomic mass is 9.98. The normalized spacial score (nSPS) is 14.8. The van der Waals surface area contributed by atoms with E-state index in [0.29, 0.717) is 17.8 Å². The number of carbonyl (C=O) groups is 3. The summed E-state index contributed by atoms with van der Waals surface area (Å²) in [5.74, 6) is 0.103. The van der Waals surface area contributed by atoms with E-state index in [9.17, 15) is 14.4 Å². The molecule has 2 aliphatic rings. The highest BCUT2D eigenvalue weighted by atomic mass is 32.1. The summed E-state index contributed by atoms with van der Waals surface area (Å²) in [5.41, 5.74) is 5.28. The average molecular weight is 731 g/mol. The van der Waals surface area contributed by atoms with Gasteiger partial charge in [-0.05, 0) is 83.4 Å². The van der Waals surface area contributed by atoms with Crippen LogP contribution in [-0.2, 0) is 9.53 Å². The molecule has 0 radical (unpaired) electrons. The summed E-state index contributed by atoms with van der Waals surface area (Å²) in [6, 6.07) is 30.8. The van der Waals surface area contributed by atoms with Gasteiger partial charge in [0.15, 0.2) is 0 Å². The molecule has 1 aromatic heterocycles. The van der Waals surface area contributed by atoms with E-state index in [2.05, 4.69) is 74.3 Å². The first-order chi connectivity index (χ1) is 25.9. The maximum Gasteiger partial charge on any atom is 0.407 e. The molecule has 0 bridgehead atoms. The number of hydrogen-bond acceptors (Lipinski definition) is 8. The Morgan fingerprint density at radius 3 is 2.23 bits per heavy atom. The lowest BCUT2D eigenvalue weighted by Gasteiger charge is -2.35. The summed E-state index contributed by atoms with van der Waals surface area (Å²) in [4.78, 5) is 44.7. The molecule has 1 atom stereocenters. The molecule has 3 amide bonds. The van der Waals surface area contributed by atoms with Gasteiger partial charge in [0.05, 0.1) is 16.0 Å². The second-order valence-corrected chi connectivity index (χ2v) is 14.8. The minimum atomic E-state index is -0.871. The van der Waals surface area contributed by atoms with Gasteiger partial charge in [-0.25, -0.2) is 4.79 Å². The molecule has 0 saturated carbocycles. The molecule has 53 heavy (non-hydrogen) atoms. The molecule has 7 rings (SSSR count). The second-order valence-electron chi connectivity index (χ2n) is 14.0. The van der Waals surface area contributed by atoms with Crippen molar-refractivity contribution in [2.75, 3.05) is 56.1 Å². The number of hydrogen-bond donors (Lipinski definition) is 3. The standard InChI is InChI=1S/C42H46N6O4S/c1-28(2)38(45-42(51)52-27-35-31-15-5-3-13-29(31)30-14-4-6-16-32(30)35)41(50)44-36-19-9-7-17-33(36)40(49)43-21-11-12-22-47-23-25-48(26-24-47)39-34-18-8-10-20-37(34)53-46-39/h3-10,13-20,28,35,38H,11-12,21-27H2,1-2H3,(H,43,49)(H,44,50)(H,45,51)/t38-/m1/s1. The van der Waals surface area contributed by atoms with Crippen molar-refractivity contribution < 1.29 is 19.1 Å². The van der Waals surface area contributed by atoms with E-state index < -0.39 is 18.0 Å². The number of anilines is 2. The fourth-order valence-corrected chi connectivity index (χ4v) is 8.14. The first-order valence-corrected chi connectivity index (χ1v) is 19.3. The Balaban J connectivity index is 0.859. The molecule has 3 N–H and O–H groups in total. The maximum absolute atomic E-state index is 13.5. The summed E-state index contributed by atoms with van der Waals surface area (Å²) in [6.07, 6.45) is 1.15. The quantitative estimate of drug-likeness (QED) is 0.111. The van der Waals surface area contributed by atoms with Crippen LogP contribution in [0.15, 0.2) is 97.1 Å². The van der Waals surface area contributed by atoms with Gasteiger partial charge in [0.25, 0.3) is 5.91 Å². The zero-order valence-corrected chi connectivity index (χ0v) is 31.0. The third-order valence-corrected chi connectivity index (χ3v) is 11.0. The van der Waals surface area contributed by atoms with Crippen LogP contribution in [0.3, 0.4) is 0 Å². The van der Waals surface area contributed by atoms with E-state index in [1.165, 1.54) is 10.1 Å². The largest absolute Gasteiger partial charge is 0.449 e. The fourth-order valence-electron chi connectivity index (χ4n) is 7.34. The van der Waals surface area contributed by atoms with Gasteiger partial charge in [-0.3, -0.25) is 14.5 Å². The topological polar surface area (TPSA) is 116 Å². The third-order valence-electron chi connectivity index (χ3n) is 10.2. The fraction of sp³-hybridized carbons (Fsp3) is 0.333.